The van der Waals surface area contributed by atoms with Crippen molar-refractivity contribution in [2.75, 3.05) is 41.7 Å². The van der Waals surface area contributed by atoms with Crippen molar-refractivity contribution in [1.29, 1.82) is 0 Å². The SMILES string of the molecule is CCCCCCCCS(=O)(=O)N(c1ccccc1NCCOc1ccc(Cl)cc1)C(C)OCCN. The fraction of sp³-hybridized carbons (Fsp3) is 0.538. The average Bonchev–Trinajstić information content (AvgIpc) is 2.84. The number of anilines is 2. The first-order valence-electron chi connectivity index (χ1n) is 12.4. The van der Waals surface area contributed by atoms with Crippen molar-refractivity contribution in [3.05, 3.63) is 53.6 Å². The monoisotopic (exact) mass is 525 g/mol. The van der Waals surface area contributed by atoms with Crippen LogP contribution in [-0.4, -0.2) is 46.7 Å². The third-order valence-corrected chi connectivity index (χ3v) is 7.65. The van der Waals surface area contributed by atoms with Gasteiger partial charge < -0.3 is 20.5 Å². The lowest BCUT2D eigenvalue weighted by Crippen LogP contribution is -2.42. The molecule has 0 aromatic heterocycles. The van der Waals surface area contributed by atoms with E-state index >= 15 is 0 Å². The standard InChI is InChI=1S/C26H40ClN3O4S/c1-3-4-5-6-7-10-21-35(31,32)30(22(2)33-19-17-28)26-12-9-8-11-25(26)29-18-20-34-24-15-13-23(27)14-16-24/h8-9,11-16,22,29H,3-7,10,17-21,28H2,1-2H3. The molecule has 0 bridgehead atoms. The molecular formula is C26H40ClN3O4S. The number of nitrogens with one attached hydrogen (secondary N) is 1. The molecule has 2 rings (SSSR count). The summed E-state index contributed by atoms with van der Waals surface area (Å²) in [4.78, 5) is 0. The fourth-order valence-corrected chi connectivity index (χ4v) is 5.61. The van der Waals surface area contributed by atoms with E-state index in [2.05, 4.69) is 12.2 Å². The minimum Gasteiger partial charge on any atom is -0.492 e. The number of unbranched alkanes of at least 4 members (excludes halogenated alkanes) is 5. The van der Waals surface area contributed by atoms with E-state index in [0.29, 0.717) is 42.5 Å². The summed E-state index contributed by atoms with van der Waals surface area (Å²) in [6.45, 7) is 5.39. The molecule has 0 radical (unpaired) electrons. The predicted molar refractivity (Wildman–Crippen MR) is 146 cm³/mol. The molecule has 1 unspecified atom stereocenters. The molecular weight excluding hydrogens is 486 g/mol. The second kappa shape index (κ2) is 15.9. The van der Waals surface area contributed by atoms with Crippen LogP contribution in [0.1, 0.15) is 52.4 Å². The van der Waals surface area contributed by atoms with Gasteiger partial charge >= 0.3 is 0 Å². The zero-order valence-electron chi connectivity index (χ0n) is 20.9. The minimum absolute atomic E-state index is 0.0729. The van der Waals surface area contributed by atoms with Crippen molar-refractivity contribution in [3.8, 4) is 5.75 Å². The van der Waals surface area contributed by atoms with Crippen molar-refractivity contribution in [1.82, 2.24) is 0 Å². The third kappa shape index (κ3) is 10.3. The number of benzene rings is 2. The molecule has 0 saturated carbocycles. The summed E-state index contributed by atoms with van der Waals surface area (Å²) < 4.78 is 39.8. The maximum absolute atomic E-state index is 13.5. The molecule has 0 fully saturated rings. The van der Waals surface area contributed by atoms with Crippen molar-refractivity contribution in [3.63, 3.8) is 0 Å². The van der Waals surface area contributed by atoms with Crippen molar-refractivity contribution in [2.45, 2.75) is 58.6 Å². The lowest BCUT2D eigenvalue weighted by molar-refractivity contribution is 0.0802. The second-order valence-corrected chi connectivity index (χ2v) is 10.8. The van der Waals surface area contributed by atoms with Gasteiger partial charge in [-0.3, -0.25) is 0 Å². The van der Waals surface area contributed by atoms with E-state index in [4.69, 9.17) is 26.8 Å². The van der Waals surface area contributed by atoms with Gasteiger partial charge in [-0.05, 0) is 49.7 Å². The molecule has 0 aliphatic rings. The molecule has 0 aliphatic heterocycles. The number of rotatable bonds is 18. The van der Waals surface area contributed by atoms with Crippen molar-refractivity contribution >= 4 is 33.0 Å². The molecule has 2 aromatic rings. The highest BCUT2D eigenvalue weighted by Crippen LogP contribution is 2.31. The Labute approximate surface area is 216 Å². The molecule has 7 nitrogen and oxygen atoms in total. The van der Waals surface area contributed by atoms with Gasteiger partial charge in [-0.25, -0.2) is 12.7 Å². The first kappa shape index (κ1) is 29.2. The van der Waals surface area contributed by atoms with Gasteiger partial charge in [-0.15, -0.1) is 0 Å². The maximum atomic E-state index is 13.5. The molecule has 2 aromatic carbocycles. The summed E-state index contributed by atoms with van der Waals surface area (Å²) in [6.07, 6.45) is 5.37. The maximum Gasteiger partial charge on any atom is 0.237 e. The van der Waals surface area contributed by atoms with Gasteiger partial charge in [0, 0.05) is 18.1 Å². The number of para-hydroxylation sites is 2. The molecule has 0 amide bonds. The van der Waals surface area contributed by atoms with E-state index < -0.39 is 16.3 Å². The zero-order valence-corrected chi connectivity index (χ0v) is 22.5. The Bertz CT molecular complexity index is 957. The van der Waals surface area contributed by atoms with Crippen molar-refractivity contribution in [2.24, 2.45) is 5.73 Å². The first-order chi connectivity index (χ1) is 16.9. The van der Waals surface area contributed by atoms with Crippen LogP contribution >= 0.6 is 11.6 Å². The molecule has 0 aliphatic carbocycles. The normalized spacial score (nSPS) is 12.3. The van der Waals surface area contributed by atoms with Gasteiger partial charge in [-0.2, -0.15) is 0 Å². The average molecular weight is 526 g/mol. The van der Waals surface area contributed by atoms with Gasteiger partial charge in [-0.1, -0.05) is 62.8 Å². The molecule has 196 valence electrons. The second-order valence-electron chi connectivity index (χ2n) is 8.38. The largest absolute Gasteiger partial charge is 0.492 e. The van der Waals surface area contributed by atoms with Gasteiger partial charge in [0.15, 0.2) is 0 Å². The van der Waals surface area contributed by atoms with Gasteiger partial charge in [0.2, 0.25) is 10.0 Å². The predicted octanol–water partition coefficient (Wildman–Crippen LogP) is 5.65. The first-order valence-corrected chi connectivity index (χ1v) is 14.4. The summed E-state index contributed by atoms with van der Waals surface area (Å²) in [6, 6.07) is 14.5. The van der Waals surface area contributed by atoms with E-state index in [1.54, 1.807) is 25.1 Å². The quantitative estimate of drug-likeness (QED) is 0.193. The van der Waals surface area contributed by atoms with Gasteiger partial charge in [0.1, 0.15) is 18.6 Å². The molecule has 9 heteroatoms. The van der Waals surface area contributed by atoms with E-state index in [1.165, 1.54) is 10.7 Å². The number of ether oxygens (including phenoxy) is 2. The highest BCUT2D eigenvalue weighted by atomic mass is 35.5. The smallest absolute Gasteiger partial charge is 0.237 e. The van der Waals surface area contributed by atoms with Gasteiger partial charge in [0.05, 0.1) is 23.7 Å². The van der Waals surface area contributed by atoms with E-state index in [0.717, 1.165) is 31.4 Å². The van der Waals surface area contributed by atoms with Crippen LogP contribution in [-0.2, 0) is 14.8 Å². The number of nitrogens with two attached hydrogens (primary N) is 1. The minimum atomic E-state index is -3.61. The summed E-state index contributed by atoms with van der Waals surface area (Å²) in [5, 5.41) is 3.96. The summed E-state index contributed by atoms with van der Waals surface area (Å²) >= 11 is 5.92. The Balaban J connectivity index is 2.09. The molecule has 3 N–H and O–H groups in total. The number of hydrogen-bond acceptors (Lipinski definition) is 6. The fourth-order valence-electron chi connectivity index (χ4n) is 3.74. The Hall–Kier alpha value is -2.00. The summed E-state index contributed by atoms with van der Waals surface area (Å²) in [5.41, 5.74) is 6.85. The van der Waals surface area contributed by atoms with Crippen LogP contribution in [0.15, 0.2) is 48.5 Å². The third-order valence-electron chi connectivity index (χ3n) is 5.50. The van der Waals surface area contributed by atoms with Crippen LogP contribution in [0.3, 0.4) is 0 Å². The molecule has 0 spiro atoms. The van der Waals surface area contributed by atoms with E-state index in [9.17, 15) is 8.42 Å². The molecule has 0 saturated heterocycles. The molecule has 35 heavy (non-hydrogen) atoms. The van der Waals surface area contributed by atoms with E-state index in [-0.39, 0.29) is 12.4 Å². The lowest BCUT2D eigenvalue weighted by Gasteiger charge is -2.32. The van der Waals surface area contributed by atoms with Crippen LogP contribution in [0, 0.1) is 0 Å². The Morgan fingerprint density at radius 1 is 1.00 bits per heavy atom. The zero-order chi connectivity index (χ0) is 25.5. The number of halogens is 1. The summed E-state index contributed by atoms with van der Waals surface area (Å²) in [5.74, 6) is 0.792. The molecule has 0 heterocycles. The van der Waals surface area contributed by atoms with Gasteiger partial charge in [0.25, 0.3) is 0 Å². The highest BCUT2D eigenvalue weighted by Gasteiger charge is 2.29. The van der Waals surface area contributed by atoms with E-state index in [1.807, 2.05) is 30.3 Å². The van der Waals surface area contributed by atoms with Crippen LogP contribution in [0.25, 0.3) is 0 Å². The number of nitrogens with zero attached hydrogens (tertiary/aromatic N) is 1. The van der Waals surface area contributed by atoms with Crippen LogP contribution < -0.4 is 20.1 Å². The topological polar surface area (TPSA) is 93.9 Å². The van der Waals surface area contributed by atoms with Crippen molar-refractivity contribution < 1.29 is 17.9 Å². The number of hydrogen-bond donors (Lipinski definition) is 2. The highest BCUT2D eigenvalue weighted by molar-refractivity contribution is 7.92. The lowest BCUT2D eigenvalue weighted by atomic mass is 10.1. The van der Waals surface area contributed by atoms with Crippen LogP contribution in [0.2, 0.25) is 5.02 Å². The molecule has 1 atom stereocenters. The van der Waals surface area contributed by atoms with Crippen LogP contribution in [0.4, 0.5) is 11.4 Å². The Kier molecular flexibility index (Phi) is 13.3. The number of sulfonamides is 1. The Morgan fingerprint density at radius 2 is 1.69 bits per heavy atom. The Morgan fingerprint density at radius 3 is 2.40 bits per heavy atom. The van der Waals surface area contributed by atoms with Crippen LogP contribution in [0.5, 0.6) is 5.75 Å². The summed E-state index contributed by atoms with van der Waals surface area (Å²) in [7, 11) is -3.61.